The number of fused-ring (bicyclic) bond motifs is 1. The zero-order valence-electron chi connectivity index (χ0n) is 10.4. The molecule has 0 saturated carbocycles. The summed E-state index contributed by atoms with van der Waals surface area (Å²) in [6, 6.07) is 9.88. The maximum Gasteiger partial charge on any atom is 0.224 e. The number of rotatable bonds is 4. The Morgan fingerprint density at radius 1 is 1.39 bits per heavy atom. The van der Waals surface area contributed by atoms with Crippen molar-refractivity contribution in [3.8, 4) is 0 Å². The number of carbonyl (C=O) groups excluding carboxylic acids is 1. The van der Waals surface area contributed by atoms with E-state index in [1.807, 2.05) is 30.3 Å². The molecule has 3 N–H and O–H groups in total. The predicted molar refractivity (Wildman–Crippen MR) is 72.1 cm³/mol. The van der Waals surface area contributed by atoms with E-state index in [-0.39, 0.29) is 11.8 Å². The molecule has 1 aromatic heterocycles. The first-order valence-corrected chi connectivity index (χ1v) is 6.00. The molecular weight excluding hydrogens is 226 g/mol. The van der Waals surface area contributed by atoms with Crippen molar-refractivity contribution in [3.63, 3.8) is 0 Å². The summed E-state index contributed by atoms with van der Waals surface area (Å²) >= 11 is 0. The molecule has 0 fully saturated rings. The largest absolute Gasteiger partial charge is 0.359 e. The molecule has 1 heterocycles. The van der Waals surface area contributed by atoms with Crippen LogP contribution in [0.4, 0.5) is 0 Å². The van der Waals surface area contributed by atoms with Gasteiger partial charge in [0.05, 0.1) is 11.4 Å². The maximum absolute atomic E-state index is 11.7. The average molecular weight is 243 g/mol. The fourth-order valence-corrected chi connectivity index (χ4v) is 2.09. The summed E-state index contributed by atoms with van der Waals surface area (Å²) in [6.45, 7) is 0.344. The van der Waals surface area contributed by atoms with Crippen LogP contribution in [0.1, 0.15) is 5.56 Å². The number of nitrogens with two attached hydrogens (primary N) is 1. The minimum Gasteiger partial charge on any atom is -0.359 e. The van der Waals surface area contributed by atoms with Gasteiger partial charge in [0.25, 0.3) is 0 Å². The van der Waals surface area contributed by atoms with Crippen molar-refractivity contribution in [1.29, 1.82) is 0 Å². The number of hydrogen-bond donors (Lipinski definition) is 2. The van der Waals surface area contributed by atoms with E-state index in [0.29, 0.717) is 13.0 Å². The highest BCUT2D eigenvalue weighted by molar-refractivity contribution is 5.84. The van der Waals surface area contributed by atoms with Gasteiger partial charge in [0.2, 0.25) is 5.91 Å². The topological polar surface area (TPSA) is 68.0 Å². The summed E-state index contributed by atoms with van der Waals surface area (Å²) in [4.78, 5) is 16.0. The minimum absolute atomic E-state index is 0.0154. The van der Waals surface area contributed by atoms with Crippen LogP contribution in [0, 0.1) is 5.92 Å². The lowest BCUT2D eigenvalue weighted by Gasteiger charge is -2.14. The van der Waals surface area contributed by atoms with Crippen LogP contribution < -0.4 is 11.1 Å². The van der Waals surface area contributed by atoms with Gasteiger partial charge in [-0.1, -0.05) is 18.2 Å². The van der Waals surface area contributed by atoms with Gasteiger partial charge in [0.15, 0.2) is 0 Å². The highest BCUT2D eigenvalue weighted by Crippen LogP contribution is 2.19. The minimum atomic E-state index is -0.194. The molecule has 0 aliphatic carbocycles. The van der Waals surface area contributed by atoms with E-state index < -0.39 is 0 Å². The first-order valence-electron chi connectivity index (χ1n) is 6.00. The van der Waals surface area contributed by atoms with Crippen LogP contribution in [0.3, 0.4) is 0 Å². The van der Waals surface area contributed by atoms with E-state index in [4.69, 9.17) is 5.73 Å². The van der Waals surface area contributed by atoms with E-state index in [1.54, 1.807) is 13.2 Å². The third-order valence-electron chi connectivity index (χ3n) is 3.11. The zero-order valence-corrected chi connectivity index (χ0v) is 10.4. The number of nitrogens with zero attached hydrogens (tertiary/aromatic N) is 1. The summed E-state index contributed by atoms with van der Waals surface area (Å²) < 4.78 is 0. The Morgan fingerprint density at radius 3 is 2.89 bits per heavy atom. The summed E-state index contributed by atoms with van der Waals surface area (Å²) in [5.74, 6) is -0.209. The number of amides is 1. The zero-order chi connectivity index (χ0) is 13.0. The number of aromatic nitrogens is 1. The van der Waals surface area contributed by atoms with Crippen molar-refractivity contribution >= 4 is 16.8 Å². The number of benzene rings is 1. The Bertz CT molecular complexity index is 548. The molecular formula is C14H17N3O. The Kier molecular flexibility index (Phi) is 3.89. The number of nitrogens with one attached hydrogen (secondary N) is 1. The molecule has 0 bridgehead atoms. The number of pyridine rings is 1. The number of hydrogen-bond acceptors (Lipinski definition) is 3. The second-order valence-electron chi connectivity index (χ2n) is 4.24. The molecule has 0 saturated heterocycles. The standard InChI is InChI=1S/C14H17N3O/c1-16-14(18)11(9-15)8-10-6-7-17-13-5-3-2-4-12(10)13/h2-7,11H,8-9,15H2,1H3,(H,16,18). The molecule has 1 atom stereocenters. The molecule has 0 aliphatic rings. The summed E-state index contributed by atoms with van der Waals surface area (Å²) in [5, 5.41) is 3.74. The van der Waals surface area contributed by atoms with Crippen molar-refractivity contribution in [1.82, 2.24) is 10.3 Å². The quantitative estimate of drug-likeness (QED) is 0.845. The molecule has 1 aromatic carbocycles. The lowest BCUT2D eigenvalue weighted by molar-refractivity contribution is -0.124. The van der Waals surface area contributed by atoms with E-state index in [2.05, 4.69) is 10.3 Å². The Hall–Kier alpha value is -1.94. The average Bonchev–Trinajstić information content (AvgIpc) is 2.44. The van der Waals surface area contributed by atoms with E-state index in [0.717, 1.165) is 16.5 Å². The van der Waals surface area contributed by atoms with E-state index in [9.17, 15) is 4.79 Å². The van der Waals surface area contributed by atoms with Gasteiger partial charge in [-0.05, 0) is 24.1 Å². The first-order chi connectivity index (χ1) is 8.76. The van der Waals surface area contributed by atoms with Gasteiger partial charge in [-0.25, -0.2) is 0 Å². The van der Waals surface area contributed by atoms with Crippen LogP contribution in [0.2, 0.25) is 0 Å². The van der Waals surface area contributed by atoms with Crippen LogP contribution in [0.5, 0.6) is 0 Å². The maximum atomic E-state index is 11.7. The van der Waals surface area contributed by atoms with Crippen molar-refractivity contribution in [2.45, 2.75) is 6.42 Å². The van der Waals surface area contributed by atoms with Crippen LogP contribution in [-0.2, 0) is 11.2 Å². The summed E-state index contributed by atoms with van der Waals surface area (Å²) in [6.07, 6.45) is 2.41. The Morgan fingerprint density at radius 2 is 2.17 bits per heavy atom. The Labute approximate surface area is 106 Å². The lowest BCUT2D eigenvalue weighted by Crippen LogP contribution is -2.34. The summed E-state index contributed by atoms with van der Waals surface area (Å²) in [7, 11) is 1.63. The second-order valence-corrected chi connectivity index (χ2v) is 4.24. The van der Waals surface area contributed by atoms with Crippen LogP contribution in [0.25, 0.3) is 10.9 Å². The second kappa shape index (κ2) is 5.60. The van der Waals surface area contributed by atoms with E-state index >= 15 is 0 Å². The van der Waals surface area contributed by atoms with Crippen molar-refractivity contribution in [3.05, 3.63) is 42.1 Å². The van der Waals surface area contributed by atoms with Crippen molar-refractivity contribution in [2.75, 3.05) is 13.6 Å². The molecule has 94 valence electrons. The van der Waals surface area contributed by atoms with Gasteiger partial charge in [0.1, 0.15) is 0 Å². The molecule has 18 heavy (non-hydrogen) atoms. The van der Waals surface area contributed by atoms with Gasteiger partial charge in [-0.15, -0.1) is 0 Å². The van der Waals surface area contributed by atoms with Crippen LogP contribution >= 0.6 is 0 Å². The molecule has 4 heteroatoms. The van der Waals surface area contributed by atoms with Gasteiger partial charge >= 0.3 is 0 Å². The van der Waals surface area contributed by atoms with Gasteiger partial charge < -0.3 is 11.1 Å². The highest BCUT2D eigenvalue weighted by Gasteiger charge is 2.16. The van der Waals surface area contributed by atoms with E-state index in [1.165, 1.54) is 0 Å². The van der Waals surface area contributed by atoms with Gasteiger partial charge in [-0.2, -0.15) is 0 Å². The molecule has 0 radical (unpaired) electrons. The van der Waals surface area contributed by atoms with Crippen molar-refractivity contribution in [2.24, 2.45) is 11.7 Å². The smallest absolute Gasteiger partial charge is 0.224 e. The lowest BCUT2D eigenvalue weighted by atomic mass is 9.96. The summed E-state index contributed by atoms with van der Waals surface area (Å²) in [5.41, 5.74) is 7.72. The SMILES string of the molecule is CNC(=O)C(CN)Cc1ccnc2ccccc12. The Balaban J connectivity index is 2.33. The third-order valence-corrected chi connectivity index (χ3v) is 3.11. The number of para-hydroxylation sites is 1. The molecule has 4 nitrogen and oxygen atoms in total. The van der Waals surface area contributed by atoms with Crippen LogP contribution in [-0.4, -0.2) is 24.5 Å². The fourth-order valence-electron chi connectivity index (χ4n) is 2.09. The normalized spacial score (nSPS) is 12.3. The number of carbonyl (C=O) groups is 1. The highest BCUT2D eigenvalue weighted by atomic mass is 16.1. The predicted octanol–water partition coefficient (Wildman–Crippen LogP) is 1.10. The molecule has 2 aromatic rings. The first kappa shape index (κ1) is 12.5. The molecule has 0 spiro atoms. The third kappa shape index (κ3) is 2.49. The van der Waals surface area contributed by atoms with Gasteiger partial charge in [0, 0.05) is 25.2 Å². The fraction of sp³-hybridized carbons (Fsp3) is 0.286. The van der Waals surface area contributed by atoms with Crippen molar-refractivity contribution < 1.29 is 4.79 Å². The molecule has 0 aliphatic heterocycles. The molecule has 1 amide bonds. The molecule has 2 rings (SSSR count). The molecule has 1 unspecified atom stereocenters. The monoisotopic (exact) mass is 243 g/mol. The van der Waals surface area contributed by atoms with Crippen LogP contribution in [0.15, 0.2) is 36.5 Å². The van der Waals surface area contributed by atoms with Gasteiger partial charge in [-0.3, -0.25) is 9.78 Å².